The standard InChI is InChI=1S/C19H14ClN3O3/c20-13-5-6-16-11(7-13)8-17(26-16)19(25)23-22-18(24)9-12-10-21-15-4-2-1-3-14(12)15/h1-8,10,21H,9H2,(H,22,24)(H,23,25). The minimum Gasteiger partial charge on any atom is -0.451 e. The van der Waals surface area contributed by atoms with Gasteiger partial charge in [0, 0.05) is 27.5 Å². The maximum atomic E-state index is 12.2. The highest BCUT2D eigenvalue weighted by molar-refractivity contribution is 6.31. The van der Waals surface area contributed by atoms with Crippen molar-refractivity contribution >= 4 is 45.3 Å². The Morgan fingerprint density at radius 2 is 1.92 bits per heavy atom. The zero-order valence-electron chi connectivity index (χ0n) is 13.5. The molecule has 2 heterocycles. The van der Waals surface area contributed by atoms with Gasteiger partial charge in [0.25, 0.3) is 0 Å². The zero-order valence-corrected chi connectivity index (χ0v) is 14.3. The first-order valence-corrected chi connectivity index (χ1v) is 8.31. The van der Waals surface area contributed by atoms with Gasteiger partial charge < -0.3 is 9.40 Å². The maximum absolute atomic E-state index is 12.2. The lowest BCUT2D eigenvalue weighted by atomic mass is 10.1. The number of hydrazine groups is 1. The zero-order chi connectivity index (χ0) is 18.1. The summed E-state index contributed by atoms with van der Waals surface area (Å²) in [5, 5.41) is 2.24. The van der Waals surface area contributed by atoms with Crippen LogP contribution in [-0.4, -0.2) is 16.8 Å². The average Bonchev–Trinajstić information content (AvgIpc) is 3.24. The van der Waals surface area contributed by atoms with Crippen molar-refractivity contribution in [2.45, 2.75) is 6.42 Å². The predicted molar refractivity (Wildman–Crippen MR) is 98.8 cm³/mol. The molecule has 4 aromatic rings. The fourth-order valence-corrected chi connectivity index (χ4v) is 2.99. The Bertz CT molecular complexity index is 1130. The van der Waals surface area contributed by atoms with Crippen LogP contribution >= 0.6 is 11.6 Å². The summed E-state index contributed by atoms with van der Waals surface area (Å²) in [5.74, 6) is -0.776. The molecule has 0 aliphatic heterocycles. The van der Waals surface area contributed by atoms with Crippen molar-refractivity contribution in [3.8, 4) is 0 Å². The van der Waals surface area contributed by atoms with E-state index in [0.29, 0.717) is 16.0 Å². The largest absolute Gasteiger partial charge is 0.451 e. The Labute approximate surface area is 153 Å². The second kappa shape index (κ2) is 6.57. The van der Waals surface area contributed by atoms with Crippen LogP contribution in [0.5, 0.6) is 0 Å². The first kappa shape index (κ1) is 16.2. The molecule has 7 heteroatoms. The van der Waals surface area contributed by atoms with Crippen molar-refractivity contribution in [2.75, 3.05) is 0 Å². The first-order valence-electron chi connectivity index (χ1n) is 7.93. The minimum atomic E-state index is -0.537. The highest BCUT2D eigenvalue weighted by Gasteiger charge is 2.14. The van der Waals surface area contributed by atoms with Crippen molar-refractivity contribution in [1.29, 1.82) is 0 Å². The number of rotatable bonds is 3. The van der Waals surface area contributed by atoms with Gasteiger partial charge >= 0.3 is 5.91 Å². The number of aromatic amines is 1. The van der Waals surface area contributed by atoms with Gasteiger partial charge in [0.05, 0.1) is 6.42 Å². The summed E-state index contributed by atoms with van der Waals surface area (Å²) in [7, 11) is 0. The molecule has 0 atom stereocenters. The third-order valence-electron chi connectivity index (χ3n) is 4.04. The molecule has 0 spiro atoms. The Hall–Kier alpha value is -3.25. The van der Waals surface area contributed by atoms with Crippen LogP contribution in [0.3, 0.4) is 0 Å². The lowest BCUT2D eigenvalue weighted by Crippen LogP contribution is -2.42. The molecule has 0 unspecified atom stereocenters. The quantitative estimate of drug-likeness (QED) is 0.484. The summed E-state index contributed by atoms with van der Waals surface area (Å²) in [6.07, 6.45) is 1.93. The Kier molecular flexibility index (Phi) is 4.10. The summed E-state index contributed by atoms with van der Waals surface area (Å²) < 4.78 is 5.45. The molecule has 2 amide bonds. The number of carbonyl (C=O) groups excluding carboxylic acids is 2. The van der Waals surface area contributed by atoms with E-state index in [1.54, 1.807) is 30.5 Å². The molecule has 26 heavy (non-hydrogen) atoms. The summed E-state index contributed by atoms with van der Waals surface area (Å²) in [4.78, 5) is 27.4. The number of para-hydroxylation sites is 1. The Morgan fingerprint density at radius 3 is 2.81 bits per heavy atom. The van der Waals surface area contributed by atoms with Crippen molar-refractivity contribution in [1.82, 2.24) is 15.8 Å². The summed E-state index contributed by atoms with van der Waals surface area (Å²) >= 11 is 5.92. The number of amides is 2. The van der Waals surface area contributed by atoms with E-state index in [-0.39, 0.29) is 18.1 Å². The number of hydrogen-bond donors (Lipinski definition) is 3. The predicted octanol–water partition coefficient (Wildman–Crippen LogP) is 3.57. The van der Waals surface area contributed by atoms with Gasteiger partial charge in [-0.1, -0.05) is 29.8 Å². The monoisotopic (exact) mass is 367 g/mol. The number of halogens is 1. The lowest BCUT2D eigenvalue weighted by molar-refractivity contribution is -0.121. The van der Waals surface area contributed by atoms with Gasteiger partial charge in [-0.3, -0.25) is 20.4 Å². The molecule has 0 saturated carbocycles. The van der Waals surface area contributed by atoms with Crippen molar-refractivity contribution in [3.05, 3.63) is 71.1 Å². The number of carbonyl (C=O) groups is 2. The molecule has 6 nitrogen and oxygen atoms in total. The van der Waals surface area contributed by atoms with Crippen molar-refractivity contribution < 1.29 is 14.0 Å². The number of aromatic nitrogens is 1. The molecule has 0 fully saturated rings. The average molecular weight is 368 g/mol. The first-order chi connectivity index (χ1) is 12.6. The number of benzene rings is 2. The Morgan fingerprint density at radius 1 is 1.08 bits per heavy atom. The molecule has 2 aromatic carbocycles. The lowest BCUT2D eigenvalue weighted by Gasteiger charge is -2.05. The van der Waals surface area contributed by atoms with Crippen molar-refractivity contribution in [3.63, 3.8) is 0 Å². The number of nitrogens with one attached hydrogen (secondary N) is 3. The van der Waals surface area contributed by atoms with Gasteiger partial charge in [0.1, 0.15) is 5.58 Å². The number of fused-ring (bicyclic) bond motifs is 2. The highest BCUT2D eigenvalue weighted by Crippen LogP contribution is 2.23. The van der Waals surface area contributed by atoms with Crippen LogP contribution in [0.15, 0.2) is 59.1 Å². The topological polar surface area (TPSA) is 87.1 Å². The molecule has 2 aromatic heterocycles. The number of H-pyrrole nitrogens is 1. The fourth-order valence-electron chi connectivity index (χ4n) is 2.81. The number of hydrogen-bond acceptors (Lipinski definition) is 3. The highest BCUT2D eigenvalue weighted by atomic mass is 35.5. The van der Waals surface area contributed by atoms with Crippen LogP contribution in [0.25, 0.3) is 21.9 Å². The van der Waals surface area contributed by atoms with E-state index in [0.717, 1.165) is 16.5 Å². The molecule has 0 saturated heterocycles. The van der Waals surface area contributed by atoms with Gasteiger partial charge in [-0.15, -0.1) is 0 Å². The normalized spacial score (nSPS) is 11.0. The van der Waals surface area contributed by atoms with Gasteiger partial charge in [-0.05, 0) is 35.9 Å². The molecular formula is C19H14ClN3O3. The van der Waals surface area contributed by atoms with Crippen LogP contribution in [0.1, 0.15) is 16.1 Å². The second-order valence-electron chi connectivity index (χ2n) is 5.83. The van der Waals surface area contributed by atoms with E-state index in [2.05, 4.69) is 15.8 Å². The molecule has 0 aliphatic carbocycles. The van der Waals surface area contributed by atoms with Gasteiger partial charge in [-0.25, -0.2) is 0 Å². The molecule has 0 aliphatic rings. The number of furan rings is 1. The minimum absolute atomic E-state index is 0.0923. The van der Waals surface area contributed by atoms with E-state index >= 15 is 0 Å². The molecule has 0 radical (unpaired) electrons. The molecule has 3 N–H and O–H groups in total. The SMILES string of the molecule is O=C(Cc1c[nH]c2ccccc12)NNC(=O)c1cc2cc(Cl)ccc2o1. The van der Waals surface area contributed by atoms with Gasteiger partial charge in [0.15, 0.2) is 5.76 Å². The van der Waals surface area contributed by atoms with E-state index in [1.165, 1.54) is 0 Å². The third-order valence-corrected chi connectivity index (χ3v) is 4.28. The Balaban J connectivity index is 1.41. The maximum Gasteiger partial charge on any atom is 0.305 e. The molecule has 130 valence electrons. The molecule has 4 rings (SSSR count). The van der Waals surface area contributed by atoms with E-state index in [1.807, 2.05) is 24.3 Å². The van der Waals surface area contributed by atoms with Crippen molar-refractivity contribution in [2.24, 2.45) is 0 Å². The molecular weight excluding hydrogens is 354 g/mol. The van der Waals surface area contributed by atoms with E-state index in [9.17, 15) is 9.59 Å². The van der Waals surface area contributed by atoms with Crippen LogP contribution in [-0.2, 0) is 11.2 Å². The van der Waals surface area contributed by atoms with Crippen LogP contribution in [0.2, 0.25) is 5.02 Å². The van der Waals surface area contributed by atoms with Crippen LogP contribution in [0, 0.1) is 0 Å². The van der Waals surface area contributed by atoms with Crippen LogP contribution < -0.4 is 10.9 Å². The smallest absolute Gasteiger partial charge is 0.305 e. The molecule has 0 bridgehead atoms. The van der Waals surface area contributed by atoms with E-state index < -0.39 is 5.91 Å². The third kappa shape index (κ3) is 3.14. The van der Waals surface area contributed by atoms with Gasteiger partial charge in [-0.2, -0.15) is 0 Å². The van der Waals surface area contributed by atoms with E-state index in [4.69, 9.17) is 16.0 Å². The van der Waals surface area contributed by atoms with Gasteiger partial charge in [0.2, 0.25) is 5.91 Å². The fraction of sp³-hybridized carbons (Fsp3) is 0.0526. The summed E-state index contributed by atoms with van der Waals surface area (Å²) in [5.41, 5.74) is 7.12. The van der Waals surface area contributed by atoms with Crippen LogP contribution in [0.4, 0.5) is 0 Å². The second-order valence-corrected chi connectivity index (χ2v) is 6.27. The summed E-state index contributed by atoms with van der Waals surface area (Å²) in [6, 6.07) is 14.3. The summed E-state index contributed by atoms with van der Waals surface area (Å²) in [6.45, 7) is 0.